The van der Waals surface area contributed by atoms with Crippen molar-refractivity contribution in [2.24, 2.45) is 5.92 Å². The van der Waals surface area contributed by atoms with Crippen LogP contribution in [0.4, 0.5) is 0 Å². The lowest BCUT2D eigenvalue weighted by atomic mass is 9.77. The monoisotopic (exact) mass is 291 g/mol. The van der Waals surface area contributed by atoms with Crippen LogP contribution >= 0.6 is 24.8 Å². The normalized spacial score (nSPS) is 29.1. The Hall–Kier alpha value is -0.580. The van der Waals surface area contributed by atoms with Gasteiger partial charge in [-0.1, -0.05) is 0 Å². The van der Waals surface area contributed by atoms with E-state index in [1.54, 1.807) is 13.3 Å². The lowest BCUT2D eigenvalue weighted by Gasteiger charge is -2.44. The quantitative estimate of drug-likeness (QED) is 0.837. The molecule has 1 unspecified atom stereocenters. The molecule has 0 amide bonds. The van der Waals surface area contributed by atoms with Gasteiger partial charge in [-0.15, -0.1) is 24.8 Å². The summed E-state index contributed by atoms with van der Waals surface area (Å²) in [5, 5.41) is 0. The summed E-state index contributed by atoms with van der Waals surface area (Å²) in [6.45, 7) is 3.67. The topological polar surface area (TPSA) is 38.2 Å². The Labute approximate surface area is 120 Å². The number of ether oxygens (including phenoxy) is 1. The van der Waals surface area contributed by atoms with Gasteiger partial charge in [0.1, 0.15) is 0 Å². The molecule has 3 saturated heterocycles. The molecule has 0 aliphatic carbocycles. The third kappa shape index (κ3) is 2.87. The van der Waals surface area contributed by atoms with Crippen LogP contribution in [0.15, 0.2) is 12.4 Å². The summed E-state index contributed by atoms with van der Waals surface area (Å²) in [7, 11) is 1.64. The van der Waals surface area contributed by atoms with E-state index in [2.05, 4.69) is 14.9 Å². The fourth-order valence-electron chi connectivity index (χ4n) is 2.94. The van der Waals surface area contributed by atoms with E-state index < -0.39 is 0 Å². The highest BCUT2D eigenvalue weighted by molar-refractivity contribution is 5.85. The van der Waals surface area contributed by atoms with Crippen LogP contribution in [0.3, 0.4) is 0 Å². The molecule has 3 aliphatic heterocycles. The van der Waals surface area contributed by atoms with Crippen LogP contribution in [0.5, 0.6) is 5.88 Å². The summed E-state index contributed by atoms with van der Waals surface area (Å²) >= 11 is 0. The summed E-state index contributed by atoms with van der Waals surface area (Å²) in [5.41, 5.74) is 1.11. The van der Waals surface area contributed by atoms with E-state index in [9.17, 15) is 0 Å². The highest BCUT2D eigenvalue weighted by Gasteiger charge is 2.35. The minimum Gasteiger partial charge on any atom is -0.480 e. The van der Waals surface area contributed by atoms with Crippen molar-refractivity contribution < 1.29 is 4.74 Å². The van der Waals surface area contributed by atoms with Gasteiger partial charge in [-0.3, -0.25) is 4.98 Å². The SMILES string of the molecule is COc1cncc(C2CN3CCC2CC3)n1.Cl.Cl. The molecule has 0 N–H and O–H groups in total. The van der Waals surface area contributed by atoms with Crippen molar-refractivity contribution in [3.05, 3.63) is 18.1 Å². The zero-order valence-electron chi connectivity index (χ0n) is 10.4. The molecule has 0 aromatic carbocycles. The fraction of sp³-hybridized carbons (Fsp3) is 0.667. The number of aromatic nitrogens is 2. The van der Waals surface area contributed by atoms with E-state index >= 15 is 0 Å². The lowest BCUT2D eigenvalue weighted by Crippen LogP contribution is -2.46. The number of fused-ring (bicyclic) bond motifs is 3. The van der Waals surface area contributed by atoms with E-state index in [4.69, 9.17) is 4.74 Å². The van der Waals surface area contributed by atoms with Gasteiger partial charge < -0.3 is 9.64 Å². The molecule has 4 nitrogen and oxygen atoms in total. The van der Waals surface area contributed by atoms with Crippen LogP contribution in [0, 0.1) is 5.92 Å². The number of piperidine rings is 3. The van der Waals surface area contributed by atoms with Crippen LogP contribution < -0.4 is 4.74 Å². The van der Waals surface area contributed by atoms with Gasteiger partial charge in [-0.25, -0.2) is 4.98 Å². The predicted octanol–water partition coefficient (Wildman–Crippen LogP) is 2.14. The maximum atomic E-state index is 5.14. The van der Waals surface area contributed by atoms with Crippen LogP contribution in [-0.2, 0) is 0 Å². The molecule has 4 rings (SSSR count). The minimum absolute atomic E-state index is 0. The van der Waals surface area contributed by atoms with E-state index in [1.807, 2.05) is 6.20 Å². The molecule has 3 aliphatic rings. The lowest BCUT2D eigenvalue weighted by molar-refractivity contribution is 0.0850. The smallest absolute Gasteiger partial charge is 0.232 e. The second-order valence-corrected chi connectivity index (χ2v) is 4.73. The van der Waals surface area contributed by atoms with Crippen molar-refractivity contribution in [1.29, 1.82) is 0 Å². The summed E-state index contributed by atoms with van der Waals surface area (Å²) in [5.74, 6) is 1.99. The molecule has 1 aromatic rings. The van der Waals surface area contributed by atoms with Gasteiger partial charge in [0.15, 0.2) is 0 Å². The Morgan fingerprint density at radius 3 is 2.50 bits per heavy atom. The molecule has 0 spiro atoms. The van der Waals surface area contributed by atoms with Crippen molar-refractivity contribution in [3.8, 4) is 5.88 Å². The second-order valence-electron chi connectivity index (χ2n) is 4.73. The average Bonchev–Trinajstić information content (AvgIpc) is 2.40. The van der Waals surface area contributed by atoms with Gasteiger partial charge in [0.2, 0.25) is 5.88 Å². The zero-order valence-corrected chi connectivity index (χ0v) is 12.0. The molecular weight excluding hydrogens is 273 g/mol. The molecule has 0 radical (unpaired) electrons. The Morgan fingerprint density at radius 2 is 1.94 bits per heavy atom. The largest absolute Gasteiger partial charge is 0.480 e. The number of hydrogen-bond donors (Lipinski definition) is 0. The Morgan fingerprint density at radius 1 is 1.22 bits per heavy atom. The Balaban J connectivity index is 0.000000810. The Bertz CT molecular complexity index is 383. The molecule has 1 aromatic heterocycles. The zero-order chi connectivity index (χ0) is 11.0. The minimum atomic E-state index is 0. The second kappa shape index (κ2) is 6.55. The first-order valence-corrected chi connectivity index (χ1v) is 5.95. The molecule has 6 heteroatoms. The van der Waals surface area contributed by atoms with Crippen LogP contribution in [0.2, 0.25) is 0 Å². The van der Waals surface area contributed by atoms with Gasteiger partial charge in [0.05, 0.1) is 19.0 Å². The molecule has 4 heterocycles. The van der Waals surface area contributed by atoms with Crippen molar-refractivity contribution in [1.82, 2.24) is 14.9 Å². The van der Waals surface area contributed by atoms with Crippen molar-refractivity contribution in [2.45, 2.75) is 18.8 Å². The predicted molar refractivity (Wildman–Crippen MR) is 75.0 cm³/mol. The van der Waals surface area contributed by atoms with Crippen molar-refractivity contribution in [3.63, 3.8) is 0 Å². The molecular formula is C12H19Cl2N3O. The van der Waals surface area contributed by atoms with Gasteiger partial charge in [0, 0.05) is 18.7 Å². The first kappa shape index (κ1) is 15.5. The molecule has 18 heavy (non-hydrogen) atoms. The van der Waals surface area contributed by atoms with Gasteiger partial charge in [-0.2, -0.15) is 0 Å². The molecule has 1 atom stereocenters. The fourth-order valence-corrected chi connectivity index (χ4v) is 2.94. The van der Waals surface area contributed by atoms with Crippen LogP contribution in [0.25, 0.3) is 0 Å². The summed E-state index contributed by atoms with van der Waals surface area (Å²) in [4.78, 5) is 11.3. The van der Waals surface area contributed by atoms with E-state index in [-0.39, 0.29) is 24.8 Å². The standard InChI is InChI=1S/C12H17N3O.2ClH/c1-16-12-7-13-6-11(14-12)10-8-15-4-2-9(10)3-5-15;;/h6-7,9-10H,2-5,8H2,1H3;2*1H. The van der Waals surface area contributed by atoms with Crippen molar-refractivity contribution >= 4 is 24.8 Å². The highest BCUT2D eigenvalue weighted by Crippen LogP contribution is 2.38. The highest BCUT2D eigenvalue weighted by atomic mass is 35.5. The first-order chi connectivity index (χ1) is 7.86. The summed E-state index contributed by atoms with van der Waals surface area (Å²) < 4.78 is 5.14. The van der Waals surface area contributed by atoms with E-state index in [0.29, 0.717) is 11.8 Å². The average molecular weight is 292 g/mol. The van der Waals surface area contributed by atoms with Crippen molar-refractivity contribution in [2.75, 3.05) is 26.7 Å². The third-order valence-electron chi connectivity index (χ3n) is 3.88. The van der Waals surface area contributed by atoms with E-state index in [1.165, 1.54) is 25.9 Å². The molecule has 102 valence electrons. The van der Waals surface area contributed by atoms with Crippen LogP contribution in [-0.4, -0.2) is 41.6 Å². The molecule has 0 saturated carbocycles. The van der Waals surface area contributed by atoms with Crippen LogP contribution in [0.1, 0.15) is 24.5 Å². The van der Waals surface area contributed by atoms with Gasteiger partial charge >= 0.3 is 0 Å². The summed E-state index contributed by atoms with van der Waals surface area (Å²) in [6, 6.07) is 0. The number of hydrogen-bond acceptors (Lipinski definition) is 4. The number of halogens is 2. The Kier molecular flexibility index (Phi) is 5.63. The summed E-state index contributed by atoms with van der Waals surface area (Å²) in [6.07, 6.45) is 6.19. The number of nitrogens with zero attached hydrogens (tertiary/aromatic N) is 3. The maximum Gasteiger partial charge on any atom is 0.232 e. The first-order valence-electron chi connectivity index (χ1n) is 5.95. The molecule has 3 fully saturated rings. The van der Waals surface area contributed by atoms with Gasteiger partial charge in [-0.05, 0) is 31.8 Å². The number of rotatable bonds is 2. The van der Waals surface area contributed by atoms with E-state index in [0.717, 1.165) is 18.2 Å². The van der Waals surface area contributed by atoms with Gasteiger partial charge in [0.25, 0.3) is 0 Å². The maximum absolute atomic E-state index is 5.14. The number of methoxy groups -OCH3 is 1. The molecule has 2 bridgehead atoms. The third-order valence-corrected chi connectivity index (χ3v) is 3.88.